The van der Waals surface area contributed by atoms with E-state index in [9.17, 15) is 5.11 Å². The van der Waals surface area contributed by atoms with E-state index >= 15 is 0 Å². The van der Waals surface area contributed by atoms with Crippen LogP contribution >= 0.6 is 0 Å². The van der Waals surface area contributed by atoms with Gasteiger partial charge < -0.3 is 15.3 Å². The van der Waals surface area contributed by atoms with Crippen LogP contribution in [0.15, 0.2) is 6.33 Å². The zero-order valence-electron chi connectivity index (χ0n) is 34.8. The van der Waals surface area contributed by atoms with Crippen LogP contribution in [-0.2, 0) is 0 Å². The van der Waals surface area contributed by atoms with Gasteiger partial charge in [-0.3, -0.25) is 0 Å². The number of rotatable bonds is 41. The van der Waals surface area contributed by atoms with E-state index < -0.39 is 6.23 Å². The molecule has 300 valence electrons. The summed E-state index contributed by atoms with van der Waals surface area (Å²) in [5.74, 6) is 1.25. The first-order valence-electron chi connectivity index (χ1n) is 23.1. The Morgan fingerprint density at radius 2 is 0.765 bits per heavy atom. The molecule has 1 aromatic heterocycles. The molecule has 1 aromatic rings. The van der Waals surface area contributed by atoms with Crippen LogP contribution in [0.5, 0.6) is 0 Å². The highest BCUT2D eigenvalue weighted by Crippen LogP contribution is 2.18. The van der Waals surface area contributed by atoms with Crippen molar-refractivity contribution in [3.05, 3.63) is 6.33 Å². The molecule has 6 nitrogen and oxygen atoms in total. The molecule has 6 heteroatoms. The molecule has 0 saturated heterocycles. The van der Waals surface area contributed by atoms with Gasteiger partial charge in [0.25, 0.3) is 0 Å². The van der Waals surface area contributed by atoms with E-state index in [2.05, 4.69) is 41.0 Å². The van der Waals surface area contributed by atoms with Gasteiger partial charge in [-0.15, -0.1) is 0 Å². The standard InChI is InChI=1S/C45H89N5O/c1-4-7-10-12-14-16-18-20-22-24-26-28-30-32-34-37-40-50(45-47-42-46-44(49-45)48-43(51)39-36-9-6-3)41-38-35-33-31-29-27-25-23-21-19-17-15-13-11-8-5-2/h42-43,51H,4-41H2,1-3H3,(H,46,47,48,49). The predicted molar refractivity (Wildman–Crippen MR) is 225 cm³/mol. The van der Waals surface area contributed by atoms with Gasteiger partial charge in [-0.1, -0.05) is 226 Å². The Bertz CT molecular complexity index is 788. The fraction of sp³-hybridized carbons (Fsp3) is 0.933. The van der Waals surface area contributed by atoms with Crippen molar-refractivity contribution in [3.8, 4) is 0 Å². The second-order valence-corrected chi connectivity index (χ2v) is 15.9. The van der Waals surface area contributed by atoms with Crippen LogP contribution in [0.3, 0.4) is 0 Å². The number of hydrogen-bond donors (Lipinski definition) is 2. The average Bonchev–Trinajstić information content (AvgIpc) is 3.13. The van der Waals surface area contributed by atoms with Crippen LogP contribution in [0.2, 0.25) is 0 Å². The molecule has 0 saturated carbocycles. The Balaban J connectivity index is 2.28. The lowest BCUT2D eigenvalue weighted by atomic mass is 10.0. The van der Waals surface area contributed by atoms with Crippen molar-refractivity contribution < 1.29 is 5.11 Å². The Morgan fingerprint density at radius 3 is 1.12 bits per heavy atom. The summed E-state index contributed by atoms with van der Waals surface area (Å²) in [5, 5.41) is 13.6. The van der Waals surface area contributed by atoms with Crippen LogP contribution in [0, 0.1) is 0 Å². The van der Waals surface area contributed by atoms with E-state index in [1.807, 2.05) is 0 Å². The minimum absolute atomic E-state index is 0.493. The third-order valence-electron chi connectivity index (χ3n) is 10.8. The number of nitrogens with zero attached hydrogens (tertiary/aromatic N) is 4. The van der Waals surface area contributed by atoms with Crippen LogP contribution in [-0.4, -0.2) is 39.4 Å². The Morgan fingerprint density at radius 1 is 0.451 bits per heavy atom. The zero-order chi connectivity index (χ0) is 36.7. The van der Waals surface area contributed by atoms with Crippen molar-refractivity contribution in [1.29, 1.82) is 0 Å². The number of nitrogens with one attached hydrogen (secondary N) is 1. The van der Waals surface area contributed by atoms with Gasteiger partial charge in [0, 0.05) is 13.1 Å². The van der Waals surface area contributed by atoms with Crippen molar-refractivity contribution >= 4 is 11.9 Å². The monoisotopic (exact) mass is 716 g/mol. The average molecular weight is 716 g/mol. The molecule has 0 aliphatic rings. The summed E-state index contributed by atoms with van der Waals surface area (Å²) in [5.41, 5.74) is 0. The summed E-state index contributed by atoms with van der Waals surface area (Å²) >= 11 is 0. The number of aliphatic hydroxyl groups is 1. The molecule has 1 heterocycles. The third kappa shape index (κ3) is 31.8. The van der Waals surface area contributed by atoms with Crippen LogP contribution in [0.25, 0.3) is 0 Å². The van der Waals surface area contributed by atoms with E-state index in [0.717, 1.165) is 44.7 Å². The Hall–Kier alpha value is -1.43. The molecule has 2 N–H and O–H groups in total. The van der Waals surface area contributed by atoms with Gasteiger partial charge in [-0.05, 0) is 25.7 Å². The predicted octanol–water partition coefficient (Wildman–Crippen LogP) is 14.5. The molecule has 0 fully saturated rings. The van der Waals surface area contributed by atoms with Crippen LogP contribution in [0.4, 0.5) is 11.9 Å². The van der Waals surface area contributed by atoms with E-state index in [-0.39, 0.29) is 0 Å². The van der Waals surface area contributed by atoms with Crippen LogP contribution < -0.4 is 10.2 Å². The summed E-state index contributed by atoms with van der Waals surface area (Å²) in [6.07, 6.45) is 49.5. The van der Waals surface area contributed by atoms with Crippen molar-refractivity contribution in [3.63, 3.8) is 0 Å². The molecule has 0 aliphatic carbocycles. The van der Waals surface area contributed by atoms with Gasteiger partial charge in [0.15, 0.2) is 0 Å². The highest BCUT2D eigenvalue weighted by molar-refractivity contribution is 5.35. The number of aliphatic hydroxyl groups excluding tert-OH is 1. The maximum absolute atomic E-state index is 10.5. The number of anilines is 2. The summed E-state index contributed by atoms with van der Waals surface area (Å²) in [6, 6.07) is 0. The van der Waals surface area contributed by atoms with Crippen molar-refractivity contribution in [2.24, 2.45) is 0 Å². The minimum atomic E-state index is -0.610. The molecular weight excluding hydrogens is 627 g/mol. The molecular formula is C45H89N5O. The Kier molecular flexibility index (Phi) is 35.7. The van der Waals surface area contributed by atoms with Crippen molar-refractivity contribution in [2.45, 2.75) is 258 Å². The number of unbranched alkanes of at least 4 members (excludes halogenated alkanes) is 32. The molecule has 1 rings (SSSR count). The van der Waals surface area contributed by atoms with E-state index in [1.165, 1.54) is 205 Å². The number of hydrogen-bond acceptors (Lipinski definition) is 6. The van der Waals surface area contributed by atoms with Gasteiger partial charge in [0.2, 0.25) is 11.9 Å². The maximum Gasteiger partial charge on any atom is 0.230 e. The van der Waals surface area contributed by atoms with Gasteiger partial charge >= 0.3 is 0 Å². The van der Waals surface area contributed by atoms with Crippen molar-refractivity contribution in [2.75, 3.05) is 23.3 Å². The van der Waals surface area contributed by atoms with Crippen molar-refractivity contribution in [1.82, 2.24) is 15.0 Å². The fourth-order valence-electron chi connectivity index (χ4n) is 7.33. The molecule has 0 radical (unpaired) electrons. The molecule has 0 amide bonds. The first-order chi connectivity index (χ1) is 25.2. The lowest BCUT2D eigenvalue weighted by Crippen LogP contribution is -2.29. The quantitative estimate of drug-likeness (QED) is 0.0519. The second kappa shape index (κ2) is 38.3. The van der Waals surface area contributed by atoms with E-state index in [0.29, 0.717) is 5.95 Å². The van der Waals surface area contributed by atoms with E-state index in [1.54, 1.807) is 6.33 Å². The smallest absolute Gasteiger partial charge is 0.230 e. The molecule has 0 spiro atoms. The molecule has 0 aromatic carbocycles. The minimum Gasteiger partial charge on any atom is -0.374 e. The van der Waals surface area contributed by atoms with Gasteiger partial charge in [0.1, 0.15) is 12.6 Å². The van der Waals surface area contributed by atoms with E-state index in [4.69, 9.17) is 4.98 Å². The molecule has 1 atom stereocenters. The number of aromatic nitrogens is 3. The van der Waals surface area contributed by atoms with Gasteiger partial charge in [0.05, 0.1) is 0 Å². The fourth-order valence-corrected chi connectivity index (χ4v) is 7.33. The van der Waals surface area contributed by atoms with Crippen LogP contribution in [0.1, 0.15) is 252 Å². The summed E-state index contributed by atoms with van der Waals surface area (Å²) in [7, 11) is 0. The second-order valence-electron chi connectivity index (χ2n) is 15.9. The lowest BCUT2D eigenvalue weighted by Gasteiger charge is -2.23. The van der Waals surface area contributed by atoms with Gasteiger partial charge in [-0.2, -0.15) is 4.98 Å². The zero-order valence-corrected chi connectivity index (χ0v) is 34.8. The molecule has 51 heavy (non-hydrogen) atoms. The normalized spacial score (nSPS) is 12.1. The SMILES string of the molecule is CCCCCCCCCCCCCCCCCCN(CCCCCCCCCCCCCCCCCC)c1ncnc(NC(O)CCCCC)n1. The topological polar surface area (TPSA) is 74.2 Å². The summed E-state index contributed by atoms with van der Waals surface area (Å²) in [6.45, 7) is 8.78. The maximum atomic E-state index is 10.5. The Labute approximate surface area is 319 Å². The molecule has 1 unspecified atom stereocenters. The summed E-state index contributed by atoms with van der Waals surface area (Å²) < 4.78 is 0. The third-order valence-corrected chi connectivity index (χ3v) is 10.8. The highest BCUT2D eigenvalue weighted by atomic mass is 16.3. The molecule has 0 bridgehead atoms. The largest absolute Gasteiger partial charge is 0.374 e. The highest BCUT2D eigenvalue weighted by Gasteiger charge is 2.13. The lowest BCUT2D eigenvalue weighted by molar-refractivity contribution is 0.188. The molecule has 0 aliphatic heterocycles. The summed E-state index contributed by atoms with van der Waals surface area (Å²) in [4.78, 5) is 16.1. The first kappa shape index (κ1) is 47.6. The first-order valence-corrected chi connectivity index (χ1v) is 23.1. The van der Waals surface area contributed by atoms with Gasteiger partial charge in [-0.25, -0.2) is 9.97 Å².